The van der Waals surface area contributed by atoms with Gasteiger partial charge in [0.15, 0.2) is 0 Å². The van der Waals surface area contributed by atoms with Gasteiger partial charge in [0.25, 0.3) is 0 Å². The second-order valence-electron chi connectivity index (χ2n) is 3.36. The van der Waals surface area contributed by atoms with E-state index in [4.69, 9.17) is 21.6 Å². The Morgan fingerprint density at radius 1 is 1.67 bits per heavy atom. The second kappa shape index (κ2) is 4.69. The fraction of sp³-hybridized carbons (Fsp3) is 0.889. The number of hydrogen-bond donors (Lipinski definition) is 0. The van der Waals surface area contributed by atoms with Crippen LogP contribution in [0.15, 0.2) is 0 Å². The Morgan fingerprint density at radius 3 is 2.83 bits per heavy atom. The molecular formula is C9H14ClNO. The lowest BCUT2D eigenvalue weighted by atomic mass is 10.0. The fourth-order valence-corrected chi connectivity index (χ4v) is 1.72. The predicted octanol–water partition coefficient (Wildman–Crippen LogP) is 2.32. The summed E-state index contributed by atoms with van der Waals surface area (Å²) in [5.74, 6) is 0.382. The molecule has 3 heteroatoms. The van der Waals surface area contributed by atoms with Crippen LogP contribution in [-0.4, -0.2) is 18.1 Å². The zero-order valence-electron chi connectivity index (χ0n) is 7.29. The second-order valence-corrected chi connectivity index (χ2v) is 3.67. The van der Waals surface area contributed by atoms with Gasteiger partial charge in [0.05, 0.1) is 24.2 Å². The van der Waals surface area contributed by atoms with Crippen molar-refractivity contribution in [1.82, 2.24) is 0 Å². The normalized spacial score (nSPS) is 31.4. The average molecular weight is 188 g/mol. The maximum Gasteiger partial charge on any atom is 0.0669 e. The fourth-order valence-electron chi connectivity index (χ4n) is 1.53. The van der Waals surface area contributed by atoms with Crippen molar-refractivity contribution in [2.75, 3.05) is 5.88 Å². The van der Waals surface area contributed by atoms with E-state index < -0.39 is 0 Å². The maximum atomic E-state index is 8.66. The Kier molecular flexibility index (Phi) is 3.84. The van der Waals surface area contributed by atoms with E-state index in [1.165, 1.54) is 0 Å². The van der Waals surface area contributed by atoms with Gasteiger partial charge in [-0.05, 0) is 26.2 Å². The van der Waals surface area contributed by atoms with Gasteiger partial charge in [-0.3, -0.25) is 0 Å². The van der Waals surface area contributed by atoms with Gasteiger partial charge >= 0.3 is 0 Å². The minimum atomic E-state index is -0.0398. The van der Waals surface area contributed by atoms with Crippen LogP contribution in [0.4, 0.5) is 0 Å². The lowest BCUT2D eigenvalue weighted by Gasteiger charge is -2.12. The predicted molar refractivity (Wildman–Crippen MR) is 48.0 cm³/mol. The molecule has 12 heavy (non-hydrogen) atoms. The zero-order chi connectivity index (χ0) is 8.97. The minimum Gasteiger partial charge on any atom is -0.375 e. The molecule has 0 amide bonds. The molecule has 2 nitrogen and oxygen atoms in total. The molecule has 1 rings (SSSR count). The topological polar surface area (TPSA) is 33.0 Å². The molecule has 0 bridgehead atoms. The Morgan fingerprint density at radius 2 is 2.42 bits per heavy atom. The monoisotopic (exact) mass is 187 g/mol. The molecule has 0 radical (unpaired) electrons. The summed E-state index contributed by atoms with van der Waals surface area (Å²) in [7, 11) is 0. The first kappa shape index (κ1) is 9.83. The molecule has 3 unspecified atom stereocenters. The summed E-state index contributed by atoms with van der Waals surface area (Å²) >= 11 is 5.60. The molecule has 0 saturated carbocycles. The number of halogens is 1. The molecule has 1 aliphatic rings. The molecule has 0 aromatic heterocycles. The van der Waals surface area contributed by atoms with Crippen molar-refractivity contribution < 1.29 is 4.74 Å². The number of alkyl halides is 1. The van der Waals surface area contributed by atoms with Gasteiger partial charge in [-0.2, -0.15) is 5.26 Å². The smallest absolute Gasteiger partial charge is 0.0669 e. The van der Waals surface area contributed by atoms with E-state index in [0.717, 1.165) is 19.3 Å². The highest BCUT2D eigenvalue weighted by molar-refractivity contribution is 6.18. The summed E-state index contributed by atoms with van der Waals surface area (Å²) in [6.45, 7) is 2.07. The molecule has 0 spiro atoms. The molecule has 3 atom stereocenters. The Balaban J connectivity index is 2.27. The van der Waals surface area contributed by atoms with Gasteiger partial charge in [-0.25, -0.2) is 0 Å². The Hall–Kier alpha value is -0.260. The van der Waals surface area contributed by atoms with Crippen molar-refractivity contribution in [3.05, 3.63) is 0 Å². The van der Waals surface area contributed by atoms with Crippen LogP contribution in [0.3, 0.4) is 0 Å². The number of hydrogen-bond acceptors (Lipinski definition) is 2. The lowest BCUT2D eigenvalue weighted by molar-refractivity contribution is 0.0464. The van der Waals surface area contributed by atoms with Gasteiger partial charge in [0, 0.05) is 5.88 Å². The van der Waals surface area contributed by atoms with Crippen molar-refractivity contribution in [3.63, 3.8) is 0 Å². The summed E-state index contributed by atoms with van der Waals surface area (Å²) < 4.78 is 5.59. The highest BCUT2D eigenvalue weighted by Gasteiger charge is 2.24. The van der Waals surface area contributed by atoms with Gasteiger partial charge < -0.3 is 4.74 Å². The van der Waals surface area contributed by atoms with Crippen molar-refractivity contribution in [3.8, 4) is 6.07 Å². The number of ether oxygens (including phenoxy) is 1. The first-order valence-corrected chi connectivity index (χ1v) is 4.90. The van der Waals surface area contributed by atoms with E-state index in [9.17, 15) is 0 Å². The number of nitrogens with zero attached hydrogens (tertiary/aromatic N) is 1. The third kappa shape index (κ3) is 2.66. The van der Waals surface area contributed by atoms with Crippen LogP contribution < -0.4 is 0 Å². The van der Waals surface area contributed by atoms with Crippen LogP contribution in [0.1, 0.15) is 26.2 Å². The van der Waals surface area contributed by atoms with E-state index in [2.05, 4.69) is 13.0 Å². The molecular weight excluding hydrogens is 174 g/mol. The molecule has 0 aromatic carbocycles. The molecule has 0 aromatic rings. The van der Waals surface area contributed by atoms with Crippen molar-refractivity contribution in [2.45, 2.75) is 38.4 Å². The quantitative estimate of drug-likeness (QED) is 0.636. The largest absolute Gasteiger partial charge is 0.375 e. The molecule has 1 aliphatic heterocycles. The van der Waals surface area contributed by atoms with Gasteiger partial charge in [-0.1, -0.05) is 0 Å². The van der Waals surface area contributed by atoms with Gasteiger partial charge in [0.2, 0.25) is 0 Å². The standard InChI is InChI=1S/C9H14ClNO/c1-7-2-3-9(12-7)4-8(5-10)6-11/h7-9H,2-5H2,1H3. The summed E-state index contributed by atoms with van der Waals surface area (Å²) in [4.78, 5) is 0. The third-order valence-corrected chi connectivity index (χ3v) is 2.61. The molecule has 1 saturated heterocycles. The van der Waals surface area contributed by atoms with Crippen LogP contribution in [0, 0.1) is 17.2 Å². The molecule has 1 fully saturated rings. The van der Waals surface area contributed by atoms with E-state index in [-0.39, 0.29) is 12.0 Å². The van der Waals surface area contributed by atoms with Gasteiger partial charge in [-0.15, -0.1) is 11.6 Å². The summed E-state index contributed by atoms with van der Waals surface area (Å²) in [5, 5.41) is 8.66. The van der Waals surface area contributed by atoms with Crippen LogP contribution in [0.25, 0.3) is 0 Å². The highest BCUT2D eigenvalue weighted by atomic mass is 35.5. The van der Waals surface area contributed by atoms with E-state index in [0.29, 0.717) is 12.0 Å². The summed E-state index contributed by atoms with van der Waals surface area (Å²) in [6, 6.07) is 2.18. The Bertz CT molecular complexity index is 178. The van der Waals surface area contributed by atoms with Crippen LogP contribution in [0.2, 0.25) is 0 Å². The summed E-state index contributed by atoms with van der Waals surface area (Å²) in [5.41, 5.74) is 0. The molecule has 68 valence electrons. The van der Waals surface area contributed by atoms with Crippen molar-refractivity contribution in [2.24, 2.45) is 5.92 Å². The van der Waals surface area contributed by atoms with Crippen LogP contribution in [-0.2, 0) is 4.74 Å². The average Bonchev–Trinajstić information content (AvgIpc) is 2.47. The lowest BCUT2D eigenvalue weighted by Crippen LogP contribution is -2.14. The van der Waals surface area contributed by atoms with E-state index in [1.54, 1.807) is 0 Å². The first-order chi connectivity index (χ1) is 5.76. The maximum absolute atomic E-state index is 8.66. The van der Waals surface area contributed by atoms with E-state index in [1.807, 2.05) is 0 Å². The van der Waals surface area contributed by atoms with E-state index >= 15 is 0 Å². The number of nitriles is 1. The van der Waals surface area contributed by atoms with Gasteiger partial charge in [0.1, 0.15) is 0 Å². The first-order valence-electron chi connectivity index (χ1n) is 4.37. The molecule has 0 N–H and O–H groups in total. The number of rotatable bonds is 3. The Labute approximate surface area is 78.5 Å². The van der Waals surface area contributed by atoms with Crippen molar-refractivity contribution in [1.29, 1.82) is 5.26 Å². The molecule has 0 aliphatic carbocycles. The minimum absolute atomic E-state index is 0.0398. The molecule has 1 heterocycles. The van der Waals surface area contributed by atoms with Crippen molar-refractivity contribution >= 4 is 11.6 Å². The third-order valence-electron chi connectivity index (χ3n) is 2.24. The van der Waals surface area contributed by atoms with Crippen LogP contribution in [0.5, 0.6) is 0 Å². The van der Waals surface area contributed by atoms with Crippen LogP contribution >= 0.6 is 11.6 Å². The SMILES string of the molecule is CC1CCC(CC(C#N)CCl)O1. The highest BCUT2D eigenvalue weighted by Crippen LogP contribution is 2.24. The zero-order valence-corrected chi connectivity index (χ0v) is 8.05. The summed E-state index contributed by atoms with van der Waals surface area (Å²) in [6.07, 6.45) is 3.62.